The lowest BCUT2D eigenvalue weighted by Gasteiger charge is -2.23. The Labute approximate surface area is 103 Å². The monoisotopic (exact) mass is 257 g/mol. The van der Waals surface area contributed by atoms with E-state index in [1.54, 1.807) is 13.1 Å². The van der Waals surface area contributed by atoms with Crippen molar-refractivity contribution in [1.29, 1.82) is 0 Å². The number of rotatable bonds is 4. The van der Waals surface area contributed by atoms with Crippen molar-refractivity contribution in [2.75, 3.05) is 7.05 Å². The van der Waals surface area contributed by atoms with Gasteiger partial charge in [-0.3, -0.25) is 0 Å². The first-order chi connectivity index (χ1) is 7.93. The molecule has 17 heavy (non-hydrogen) atoms. The summed E-state index contributed by atoms with van der Waals surface area (Å²) in [5.41, 5.74) is 0. The molecular weight excluding hydrogens is 242 g/mol. The van der Waals surface area contributed by atoms with Gasteiger partial charge in [-0.2, -0.15) is 0 Å². The van der Waals surface area contributed by atoms with Crippen LogP contribution in [-0.2, 0) is 4.79 Å². The van der Waals surface area contributed by atoms with Crippen molar-refractivity contribution in [3.05, 3.63) is 16.6 Å². The summed E-state index contributed by atoms with van der Waals surface area (Å²) in [5, 5.41) is 14.1. The number of aromatic nitrogens is 1. The summed E-state index contributed by atoms with van der Waals surface area (Å²) >= 11 is 1.44. The van der Waals surface area contributed by atoms with E-state index in [1.165, 1.54) is 25.3 Å². The van der Waals surface area contributed by atoms with Crippen LogP contribution in [0.25, 0.3) is 0 Å². The van der Waals surface area contributed by atoms with Crippen molar-refractivity contribution in [3.8, 4) is 0 Å². The smallest absolute Gasteiger partial charge is 0.326 e. The number of aliphatic carboxylic acids is 1. The second kappa shape index (κ2) is 5.62. The number of thiazole rings is 1. The predicted molar refractivity (Wildman–Crippen MR) is 63.9 cm³/mol. The van der Waals surface area contributed by atoms with Gasteiger partial charge in [0.05, 0.1) is 6.04 Å². The molecule has 1 aromatic heterocycles. The average Bonchev–Trinajstić information content (AvgIpc) is 2.80. The molecule has 2 N–H and O–H groups in total. The van der Waals surface area contributed by atoms with E-state index in [1.807, 2.05) is 5.38 Å². The summed E-state index contributed by atoms with van der Waals surface area (Å²) in [6.45, 7) is 3.26. The molecule has 1 rings (SSSR count). The van der Waals surface area contributed by atoms with E-state index in [0.717, 1.165) is 9.91 Å². The maximum absolute atomic E-state index is 11.7. The highest BCUT2D eigenvalue weighted by Crippen LogP contribution is 2.15. The van der Waals surface area contributed by atoms with Crippen LogP contribution in [-0.4, -0.2) is 40.1 Å². The molecular formula is C10H15N3O3S. The molecule has 0 aliphatic rings. The molecule has 0 aromatic carbocycles. The molecule has 1 aromatic rings. The maximum Gasteiger partial charge on any atom is 0.326 e. The van der Waals surface area contributed by atoms with E-state index in [4.69, 9.17) is 5.11 Å². The van der Waals surface area contributed by atoms with E-state index in [0.29, 0.717) is 0 Å². The normalized spacial score (nSPS) is 13.8. The molecule has 7 heteroatoms. The molecule has 0 saturated heterocycles. The van der Waals surface area contributed by atoms with Crippen molar-refractivity contribution in [2.45, 2.75) is 25.9 Å². The lowest BCUT2D eigenvalue weighted by molar-refractivity contribution is -0.141. The van der Waals surface area contributed by atoms with Gasteiger partial charge in [0.1, 0.15) is 11.0 Å². The molecule has 6 nitrogen and oxygen atoms in total. The Morgan fingerprint density at radius 2 is 2.18 bits per heavy atom. The van der Waals surface area contributed by atoms with Crippen LogP contribution in [0.5, 0.6) is 0 Å². The van der Waals surface area contributed by atoms with Gasteiger partial charge in [0.2, 0.25) is 0 Å². The SMILES string of the molecule is CC(NC(=O)N(C)C(C)C(=O)O)c1nccs1. The molecule has 0 fully saturated rings. The van der Waals surface area contributed by atoms with E-state index in [2.05, 4.69) is 10.3 Å². The number of amides is 2. The quantitative estimate of drug-likeness (QED) is 0.852. The second-order valence-corrected chi connectivity index (χ2v) is 4.59. The number of nitrogens with zero attached hydrogens (tertiary/aromatic N) is 2. The van der Waals surface area contributed by atoms with Gasteiger partial charge in [-0.15, -0.1) is 11.3 Å². The molecule has 1 heterocycles. The maximum atomic E-state index is 11.7. The molecule has 0 radical (unpaired) electrons. The zero-order valence-electron chi connectivity index (χ0n) is 9.88. The van der Waals surface area contributed by atoms with Gasteiger partial charge in [-0.1, -0.05) is 0 Å². The molecule has 2 atom stereocenters. The van der Waals surface area contributed by atoms with Gasteiger partial charge in [-0.05, 0) is 13.8 Å². The third-order valence-electron chi connectivity index (χ3n) is 2.42. The van der Waals surface area contributed by atoms with Crippen LogP contribution in [0.2, 0.25) is 0 Å². The number of carboxylic acid groups (broad SMARTS) is 1. The molecule has 2 unspecified atom stereocenters. The Morgan fingerprint density at radius 3 is 2.65 bits per heavy atom. The van der Waals surface area contributed by atoms with Crippen LogP contribution < -0.4 is 5.32 Å². The number of likely N-dealkylation sites (N-methyl/N-ethyl adjacent to an activating group) is 1. The standard InChI is InChI=1S/C10H15N3O3S/c1-6(8-11-4-5-17-8)12-10(16)13(3)7(2)9(14)15/h4-7H,1-3H3,(H,12,16)(H,14,15). The first kappa shape index (κ1) is 13.4. The minimum absolute atomic E-state index is 0.231. The largest absolute Gasteiger partial charge is 0.480 e. The van der Waals surface area contributed by atoms with Gasteiger partial charge >= 0.3 is 12.0 Å². The topological polar surface area (TPSA) is 82.5 Å². The first-order valence-electron chi connectivity index (χ1n) is 5.09. The molecule has 2 amide bonds. The Morgan fingerprint density at radius 1 is 1.53 bits per heavy atom. The third kappa shape index (κ3) is 3.42. The van der Waals surface area contributed by atoms with Crippen LogP contribution >= 0.6 is 11.3 Å². The highest BCUT2D eigenvalue weighted by molar-refractivity contribution is 7.09. The Balaban J connectivity index is 2.57. The Bertz CT molecular complexity index is 394. The minimum atomic E-state index is -1.04. The summed E-state index contributed by atoms with van der Waals surface area (Å²) in [4.78, 5) is 27.7. The van der Waals surface area contributed by atoms with Crippen LogP contribution in [0.3, 0.4) is 0 Å². The fourth-order valence-electron chi connectivity index (χ4n) is 1.14. The van der Waals surface area contributed by atoms with E-state index in [9.17, 15) is 9.59 Å². The molecule has 0 saturated carbocycles. The van der Waals surface area contributed by atoms with Gasteiger partial charge < -0.3 is 15.3 Å². The molecule has 0 aliphatic carbocycles. The van der Waals surface area contributed by atoms with Gasteiger partial charge in [0.25, 0.3) is 0 Å². The van der Waals surface area contributed by atoms with E-state index >= 15 is 0 Å². The summed E-state index contributed by atoms with van der Waals surface area (Å²) in [7, 11) is 1.45. The van der Waals surface area contributed by atoms with Crippen molar-refractivity contribution in [1.82, 2.24) is 15.2 Å². The average molecular weight is 257 g/mol. The van der Waals surface area contributed by atoms with E-state index in [-0.39, 0.29) is 6.04 Å². The lowest BCUT2D eigenvalue weighted by atomic mass is 10.3. The minimum Gasteiger partial charge on any atom is -0.480 e. The number of carbonyl (C=O) groups is 2. The second-order valence-electron chi connectivity index (χ2n) is 3.67. The van der Waals surface area contributed by atoms with Gasteiger partial charge in [0.15, 0.2) is 0 Å². The summed E-state index contributed by atoms with van der Waals surface area (Å²) in [5.74, 6) is -1.04. The van der Waals surface area contributed by atoms with Crippen molar-refractivity contribution in [2.24, 2.45) is 0 Å². The summed E-state index contributed by atoms with van der Waals surface area (Å²) < 4.78 is 0. The van der Waals surface area contributed by atoms with Crippen molar-refractivity contribution in [3.63, 3.8) is 0 Å². The number of carboxylic acids is 1. The van der Waals surface area contributed by atoms with Crippen LogP contribution in [0.1, 0.15) is 24.9 Å². The predicted octanol–water partition coefficient (Wildman–Crippen LogP) is 1.32. The lowest BCUT2D eigenvalue weighted by Crippen LogP contribution is -2.46. The van der Waals surface area contributed by atoms with Crippen LogP contribution in [0.15, 0.2) is 11.6 Å². The van der Waals surface area contributed by atoms with Gasteiger partial charge in [0, 0.05) is 18.6 Å². The number of hydrogen-bond acceptors (Lipinski definition) is 4. The van der Waals surface area contributed by atoms with Crippen molar-refractivity contribution >= 4 is 23.3 Å². The van der Waals surface area contributed by atoms with Crippen LogP contribution in [0, 0.1) is 0 Å². The zero-order chi connectivity index (χ0) is 13.0. The molecule has 0 bridgehead atoms. The highest BCUT2D eigenvalue weighted by atomic mass is 32.1. The number of urea groups is 1. The summed E-state index contributed by atoms with van der Waals surface area (Å²) in [6.07, 6.45) is 1.66. The fourth-order valence-corrected chi connectivity index (χ4v) is 1.78. The molecule has 0 aliphatic heterocycles. The number of carbonyl (C=O) groups excluding carboxylic acids is 1. The third-order valence-corrected chi connectivity index (χ3v) is 3.38. The molecule has 94 valence electrons. The fraction of sp³-hybridized carbons (Fsp3) is 0.500. The van der Waals surface area contributed by atoms with E-state index < -0.39 is 18.0 Å². The summed E-state index contributed by atoms with van der Waals surface area (Å²) in [6, 6.07) is -1.52. The zero-order valence-corrected chi connectivity index (χ0v) is 10.7. The number of nitrogens with one attached hydrogen (secondary N) is 1. The first-order valence-corrected chi connectivity index (χ1v) is 5.97. The Kier molecular flexibility index (Phi) is 4.45. The van der Waals surface area contributed by atoms with Gasteiger partial charge in [-0.25, -0.2) is 14.6 Å². The Hall–Kier alpha value is -1.63. The number of hydrogen-bond donors (Lipinski definition) is 2. The molecule has 0 spiro atoms. The van der Waals surface area contributed by atoms with Crippen LogP contribution in [0.4, 0.5) is 4.79 Å². The van der Waals surface area contributed by atoms with Crippen molar-refractivity contribution < 1.29 is 14.7 Å². The highest BCUT2D eigenvalue weighted by Gasteiger charge is 2.23.